The van der Waals surface area contributed by atoms with Crippen LogP contribution < -0.4 is 0 Å². The number of rotatable bonds is 3. The maximum absolute atomic E-state index is 12.4. The summed E-state index contributed by atoms with van der Waals surface area (Å²) in [5, 5.41) is 12.6. The summed E-state index contributed by atoms with van der Waals surface area (Å²) in [6.07, 6.45) is -0.920. The third kappa shape index (κ3) is 2.28. The van der Waals surface area contributed by atoms with Crippen molar-refractivity contribution < 1.29 is 14.7 Å². The van der Waals surface area contributed by atoms with E-state index in [1.165, 1.54) is 0 Å². The molecule has 1 atom stereocenters. The van der Waals surface area contributed by atoms with Crippen molar-refractivity contribution in [3.05, 3.63) is 83.4 Å². The van der Waals surface area contributed by atoms with Gasteiger partial charge in [0.2, 0.25) is 0 Å². The fourth-order valence-corrected chi connectivity index (χ4v) is 3.10. The molecule has 0 fully saturated rings. The number of hydrogen-bond acceptors (Lipinski definition) is 3. The van der Waals surface area contributed by atoms with E-state index in [-0.39, 0.29) is 18.4 Å². The smallest absolute Gasteiger partial charge is 0.261 e. The number of hydrogen-bond donors (Lipinski definition) is 1. The molecule has 0 saturated carbocycles. The Bertz CT molecular complexity index is 929. The molecule has 4 rings (SSSR count). The van der Waals surface area contributed by atoms with Crippen LogP contribution in [0.5, 0.6) is 0 Å². The van der Waals surface area contributed by atoms with Gasteiger partial charge in [-0.25, -0.2) is 0 Å². The summed E-state index contributed by atoms with van der Waals surface area (Å²) in [7, 11) is 0. The highest BCUT2D eigenvalue weighted by Crippen LogP contribution is 2.26. The van der Waals surface area contributed by atoms with Crippen molar-refractivity contribution >= 4 is 22.6 Å². The van der Waals surface area contributed by atoms with Crippen LogP contribution in [0, 0.1) is 0 Å². The molecule has 4 nitrogen and oxygen atoms in total. The zero-order valence-corrected chi connectivity index (χ0v) is 12.8. The molecule has 2 amide bonds. The highest BCUT2D eigenvalue weighted by molar-refractivity contribution is 6.21. The summed E-state index contributed by atoms with van der Waals surface area (Å²) < 4.78 is 0. The molecule has 3 aromatic carbocycles. The average Bonchev–Trinajstić information content (AvgIpc) is 2.86. The summed E-state index contributed by atoms with van der Waals surface area (Å²) in [6.45, 7) is -0.0509. The van der Waals surface area contributed by atoms with E-state index in [1.807, 2.05) is 42.5 Å². The number of carbonyl (C=O) groups is 2. The molecule has 1 aliphatic rings. The third-order valence-corrected chi connectivity index (χ3v) is 4.39. The van der Waals surface area contributed by atoms with E-state index in [9.17, 15) is 14.7 Å². The van der Waals surface area contributed by atoms with Crippen molar-refractivity contribution in [2.24, 2.45) is 0 Å². The lowest BCUT2D eigenvalue weighted by atomic mass is 10.0. The van der Waals surface area contributed by atoms with Crippen LogP contribution >= 0.6 is 0 Å². The number of amides is 2. The molecule has 0 saturated heterocycles. The Hall–Kier alpha value is -2.98. The molecule has 1 aliphatic heterocycles. The van der Waals surface area contributed by atoms with Gasteiger partial charge in [0.15, 0.2) is 0 Å². The second-order valence-corrected chi connectivity index (χ2v) is 5.89. The molecular weight excluding hydrogens is 302 g/mol. The first kappa shape index (κ1) is 14.6. The molecular formula is C20H15NO3. The topological polar surface area (TPSA) is 57.6 Å². The summed E-state index contributed by atoms with van der Waals surface area (Å²) in [4.78, 5) is 25.9. The van der Waals surface area contributed by atoms with Gasteiger partial charge in [-0.3, -0.25) is 14.5 Å². The monoisotopic (exact) mass is 317 g/mol. The van der Waals surface area contributed by atoms with Crippen LogP contribution in [-0.4, -0.2) is 28.4 Å². The fraction of sp³-hybridized carbons (Fsp3) is 0.100. The van der Waals surface area contributed by atoms with Crippen LogP contribution in [0.4, 0.5) is 0 Å². The molecule has 0 radical (unpaired) electrons. The van der Waals surface area contributed by atoms with Crippen molar-refractivity contribution in [3.8, 4) is 0 Å². The molecule has 0 aliphatic carbocycles. The highest BCUT2D eigenvalue weighted by Gasteiger charge is 2.36. The molecule has 0 unspecified atom stereocenters. The maximum Gasteiger partial charge on any atom is 0.261 e. The van der Waals surface area contributed by atoms with Crippen LogP contribution in [0.25, 0.3) is 10.8 Å². The number of benzene rings is 3. The Morgan fingerprint density at radius 1 is 0.792 bits per heavy atom. The second kappa shape index (κ2) is 5.58. The molecule has 0 bridgehead atoms. The van der Waals surface area contributed by atoms with Gasteiger partial charge in [-0.1, -0.05) is 48.5 Å². The maximum atomic E-state index is 12.4. The van der Waals surface area contributed by atoms with Gasteiger partial charge >= 0.3 is 0 Å². The zero-order valence-electron chi connectivity index (χ0n) is 12.8. The number of fused-ring (bicyclic) bond motifs is 2. The number of imide groups is 1. The van der Waals surface area contributed by atoms with Gasteiger partial charge in [0, 0.05) is 0 Å². The minimum Gasteiger partial charge on any atom is -0.387 e. The number of aliphatic hydroxyl groups is 1. The lowest BCUT2D eigenvalue weighted by Crippen LogP contribution is -2.33. The molecule has 1 N–H and O–H groups in total. The van der Waals surface area contributed by atoms with Gasteiger partial charge in [0.1, 0.15) is 0 Å². The predicted molar refractivity (Wildman–Crippen MR) is 90.7 cm³/mol. The molecule has 0 spiro atoms. The molecule has 0 aromatic heterocycles. The lowest BCUT2D eigenvalue weighted by molar-refractivity contribution is 0.0543. The van der Waals surface area contributed by atoms with Crippen molar-refractivity contribution in [3.63, 3.8) is 0 Å². The summed E-state index contributed by atoms with van der Waals surface area (Å²) in [6, 6.07) is 20.2. The van der Waals surface area contributed by atoms with Gasteiger partial charge in [0.25, 0.3) is 11.8 Å². The standard InChI is InChI=1S/C20H15NO3/c22-18(15-10-9-13-5-1-2-6-14(13)11-15)12-21-19(23)16-7-3-4-8-17(16)20(21)24/h1-11,18,22H,12H2/t18-/m0/s1. The van der Waals surface area contributed by atoms with Crippen molar-refractivity contribution in [2.45, 2.75) is 6.10 Å². The molecule has 118 valence electrons. The number of β-amino-alcohol motifs (C(OH)–C–C–N with tert-alkyl or cyclic N) is 1. The van der Waals surface area contributed by atoms with E-state index >= 15 is 0 Å². The fourth-order valence-electron chi connectivity index (χ4n) is 3.10. The average molecular weight is 317 g/mol. The zero-order chi connectivity index (χ0) is 16.7. The van der Waals surface area contributed by atoms with Gasteiger partial charge < -0.3 is 5.11 Å². The Kier molecular flexibility index (Phi) is 3.40. The van der Waals surface area contributed by atoms with Crippen molar-refractivity contribution in [1.82, 2.24) is 4.90 Å². The minimum absolute atomic E-state index is 0.0509. The Morgan fingerprint density at radius 3 is 2.04 bits per heavy atom. The molecule has 24 heavy (non-hydrogen) atoms. The first-order valence-electron chi connectivity index (χ1n) is 7.77. The van der Waals surface area contributed by atoms with Crippen molar-refractivity contribution in [2.75, 3.05) is 6.54 Å². The molecule has 3 aromatic rings. The Balaban J connectivity index is 1.61. The Morgan fingerprint density at radius 2 is 1.38 bits per heavy atom. The summed E-state index contributed by atoms with van der Waals surface area (Å²) in [5.41, 5.74) is 1.48. The van der Waals surface area contributed by atoms with Gasteiger partial charge in [-0.05, 0) is 34.5 Å². The van der Waals surface area contributed by atoms with Gasteiger partial charge in [0.05, 0.1) is 23.8 Å². The van der Waals surface area contributed by atoms with E-state index in [4.69, 9.17) is 0 Å². The number of carbonyl (C=O) groups excluding carboxylic acids is 2. The number of nitrogens with zero attached hydrogens (tertiary/aromatic N) is 1. The summed E-state index contributed by atoms with van der Waals surface area (Å²) in [5.74, 6) is -0.703. The lowest BCUT2D eigenvalue weighted by Gasteiger charge is -2.19. The van der Waals surface area contributed by atoms with Crippen LogP contribution in [0.3, 0.4) is 0 Å². The van der Waals surface area contributed by atoms with E-state index in [0.717, 1.165) is 15.7 Å². The largest absolute Gasteiger partial charge is 0.387 e. The molecule has 4 heteroatoms. The van der Waals surface area contributed by atoms with Crippen LogP contribution in [0.2, 0.25) is 0 Å². The van der Waals surface area contributed by atoms with Gasteiger partial charge in [-0.2, -0.15) is 0 Å². The van der Waals surface area contributed by atoms with Crippen LogP contribution in [0.1, 0.15) is 32.4 Å². The first-order chi connectivity index (χ1) is 11.6. The minimum atomic E-state index is -0.920. The second-order valence-electron chi connectivity index (χ2n) is 5.89. The Labute approximate surface area is 139 Å². The third-order valence-electron chi connectivity index (χ3n) is 4.39. The van der Waals surface area contributed by atoms with E-state index < -0.39 is 6.10 Å². The van der Waals surface area contributed by atoms with E-state index in [2.05, 4.69) is 0 Å². The van der Waals surface area contributed by atoms with Crippen molar-refractivity contribution in [1.29, 1.82) is 0 Å². The highest BCUT2D eigenvalue weighted by atomic mass is 16.3. The normalized spacial score (nSPS) is 15.0. The predicted octanol–water partition coefficient (Wildman–Crippen LogP) is 3.17. The van der Waals surface area contributed by atoms with Crippen LogP contribution in [0.15, 0.2) is 66.7 Å². The van der Waals surface area contributed by atoms with E-state index in [1.54, 1.807) is 24.3 Å². The van der Waals surface area contributed by atoms with Gasteiger partial charge in [-0.15, -0.1) is 0 Å². The van der Waals surface area contributed by atoms with E-state index in [0.29, 0.717) is 16.7 Å². The molecule has 1 heterocycles. The summed E-state index contributed by atoms with van der Waals surface area (Å²) >= 11 is 0. The SMILES string of the molecule is O=C1c2ccccc2C(=O)N1C[C@H](O)c1ccc2ccccc2c1. The van der Waals surface area contributed by atoms with Crippen LogP contribution in [-0.2, 0) is 0 Å². The quantitative estimate of drug-likeness (QED) is 0.755. The first-order valence-corrected chi connectivity index (χ1v) is 7.77. The number of aliphatic hydroxyl groups excluding tert-OH is 1.